The number of amides is 2. The Hall–Kier alpha value is -3.23. The highest BCUT2D eigenvalue weighted by molar-refractivity contribution is 6.13. The Labute approximate surface area is 204 Å². The number of hydrogen-bond acceptors (Lipinski definition) is 4. The summed E-state index contributed by atoms with van der Waals surface area (Å²) in [4.78, 5) is 34.9. The van der Waals surface area contributed by atoms with Crippen LogP contribution in [0.2, 0.25) is 0 Å². The molecule has 2 aromatic carbocycles. The minimum Gasteiger partial charge on any atom is -0.379 e. The first-order valence-electron chi connectivity index (χ1n) is 12.1. The monoisotopic (exact) mass is 478 g/mol. The molecule has 0 radical (unpaired) electrons. The molecular formula is C27H31FN4O3. The second-order valence-electron chi connectivity index (χ2n) is 10.1. The van der Waals surface area contributed by atoms with Gasteiger partial charge in [-0.05, 0) is 50.1 Å². The zero-order valence-electron chi connectivity index (χ0n) is 20.4. The maximum Gasteiger partial charge on any atom is 0.272 e. The lowest BCUT2D eigenvalue weighted by atomic mass is 9.92. The van der Waals surface area contributed by atoms with Crippen LogP contribution in [-0.2, 0) is 9.53 Å². The maximum atomic E-state index is 14.2. The predicted octanol–water partition coefficient (Wildman–Crippen LogP) is 3.72. The van der Waals surface area contributed by atoms with Crippen LogP contribution in [0, 0.1) is 5.82 Å². The predicted molar refractivity (Wildman–Crippen MR) is 133 cm³/mol. The fourth-order valence-electron chi connectivity index (χ4n) is 5.15. The van der Waals surface area contributed by atoms with Gasteiger partial charge in [0.1, 0.15) is 17.6 Å². The Morgan fingerprint density at radius 2 is 1.91 bits per heavy atom. The van der Waals surface area contributed by atoms with Gasteiger partial charge in [-0.25, -0.2) is 4.39 Å². The molecule has 0 spiro atoms. The number of nitrogens with zero attached hydrogens (tertiary/aromatic N) is 2. The van der Waals surface area contributed by atoms with E-state index in [0.717, 1.165) is 30.8 Å². The van der Waals surface area contributed by atoms with E-state index in [0.29, 0.717) is 41.9 Å². The molecule has 1 aromatic heterocycles. The van der Waals surface area contributed by atoms with E-state index in [4.69, 9.17) is 4.74 Å². The van der Waals surface area contributed by atoms with E-state index < -0.39 is 11.6 Å². The summed E-state index contributed by atoms with van der Waals surface area (Å²) in [5, 5.41) is 3.70. The number of hydrogen-bond donors (Lipinski definition) is 2. The van der Waals surface area contributed by atoms with Gasteiger partial charge >= 0.3 is 0 Å². The van der Waals surface area contributed by atoms with E-state index in [-0.39, 0.29) is 17.6 Å². The Balaban J connectivity index is 1.58. The molecule has 1 fully saturated rings. The quantitative estimate of drug-likeness (QED) is 0.599. The highest BCUT2D eigenvalue weighted by Crippen LogP contribution is 2.44. The summed E-state index contributed by atoms with van der Waals surface area (Å²) < 4.78 is 19.6. The van der Waals surface area contributed by atoms with Gasteiger partial charge in [0.25, 0.3) is 5.91 Å². The van der Waals surface area contributed by atoms with Gasteiger partial charge in [0.15, 0.2) is 0 Å². The molecule has 2 amide bonds. The fraction of sp³-hybridized carbons (Fsp3) is 0.407. The number of carbonyl (C=O) groups excluding carboxylic acids is 2. The van der Waals surface area contributed by atoms with Crippen molar-refractivity contribution >= 4 is 22.7 Å². The summed E-state index contributed by atoms with van der Waals surface area (Å²) >= 11 is 0. The molecule has 0 bridgehead atoms. The molecule has 184 valence electrons. The van der Waals surface area contributed by atoms with Crippen LogP contribution in [0.15, 0.2) is 42.5 Å². The summed E-state index contributed by atoms with van der Waals surface area (Å²) in [6, 6.07) is 11.2. The van der Waals surface area contributed by atoms with Gasteiger partial charge in [0.2, 0.25) is 5.91 Å². The molecule has 3 heterocycles. The molecule has 5 rings (SSSR count). The molecule has 1 saturated heterocycles. The van der Waals surface area contributed by atoms with Crippen LogP contribution in [0.5, 0.6) is 0 Å². The molecule has 1 atom stereocenters. The Bertz CT molecular complexity index is 1270. The third kappa shape index (κ3) is 4.32. The number of benzene rings is 2. The first-order chi connectivity index (χ1) is 16.8. The van der Waals surface area contributed by atoms with Crippen molar-refractivity contribution in [3.05, 3.63) is 59.5 Å². The van der Waals surface area contributed by atoms with Gasteiger partial charge in [-0.15, -0.1) is 0 Å². The first kappa shape index (κ1) is 23.5. The maximum absolute atomic E-state index is 14.2. The van der Waals surface area contributed by atoms with Crippen LogP contribution in [0.3, 0.4) is 0 Å². The summed E-state index contributed by atoms with van der Waals surface area (Å²) in [6.07, 6.45) is 0. The summed E-state index contributed by atoms with van der Waals surface area (Å²) in [7, 11) is 0. The summed E-state index contributed by atoms with van der Waals surface area (Å²) in [5.74, 6) is -0.887. The number of morpholine rings is 1. The molecule has 0 aliphatic carbocycles. The minimum absolute atomic E-state index is 0.227. The van der Waals surface area contributed by atoms with E-state index in [1.165, 1.54) is 12.1 Å². The lowest BCUT2D eigenvalue weighted by molar-refractivity contribution is -0.127. The molecule has 2 aliphatic heterocycles. The third-order valence-corrected chi connectivity index (χ3v) is 6.78. The van der Waals surface area contributed by atoms with E-state index in [2.05, 4.69) is 15.2 Å². The fourth-order valence-corrected chi connectivity index (χ4v) is 5.15. The van der Waals surface area contributed by atoms with Crippen LogP contribution in [0.25, 0.3) is 22.0 Å². The minimum atomic E-state index is -0.826. The van der Waals surface area contributed by atoms with Crippen LogP contribution in [0.1, 0.15) is 42.9 Å². The highest BCUT2D eigenvalue weighted by atomic mass is 19.1. The van der Waals surface area contributed by atoms with Crippen LogP contribution in [-0.4, -0.2) is 71.5 Å². The van der Waals surface area contributed by atoms with Gasteiger partial charge in [-0.1, -0.05) is 24.3 Å². The van der Waals surface area contributed by atoms with Crippen molar-refractivity contribution in [3.8, 4) is 11.1 Å². The van der Waals surface area contributed by atoms with Crippen molar-refractivity contribution in [3.63, 3.8) is 0 Å². The van der Waals surface area contributed by atoms with E-state index >= 15 is 0 Å². The van der Waals surface area contributed by atoms with Crippen molar-refractivity contribution in [2.75, 3.05) is 39.4 Å². The average Bonchev–Trinajstić information content (AvgIpc) is 3.15. The van der Waals surface area contributed by atoms with Gasteiger partial charge < -0.3 is 19.9 Å². The molecule has 0 saturated carbocycles. The molecule has 35 heavy (non-hydrogen) atoms. The highest BCUT2D eigenvalue weighted by Gasteiger charge is 2.44. The Kier molecular flexibility index (Phi) is 6.11. The van der Waals surface area contributed by atoms with Crippen molar-refractivity contribution in [1.29, 1.82) is 0 Å². The Morgan fingerprint density at radius 3 is 2.66 bits per heavy atom. The lowest BCUT2D eigenvalue weighted by Crippen LogP contribution is -2.52. The first-order valence-corrected chi connectivity index (χ1v) is 12.1. The second kappa shape index (κ2) is 9.09. The van der Waals surface area contributed by atoms with Crippen LogP contribution in [0.4, 0.5) is 4.39 Å². The van der Waals surface area contributed by atoms with Crippen LogP contribution >= 0.6 is 0 Å². The van der Waals surface area contributed by atoms with Crippen molar-refractivity contribution in [2.24, 2.45) is 0 Å². The normalized spacial score (nSPS) is 18.8. The topological polar surface area (TPSA) is 77.7 Å². The summed E-state index contributed by atoms with van der Waals surface area (Å²) in [5.41, 5.74) is 2.52. The van der Waals surface area contributed by atoms with Crippen molar-refractivity contribution in [2.45, 2.75) is 32.4 Å². The number of aromatic amines is 1. The van der Waals surface area contributed by atoms with Gasteiger partial charge in [-0.2, -0.15) is 0 Å². The number of rotatable bonds is 4. The largest absolute Gasteiger partial charge is 0.379 e. The molecule has 2 N–H and O–H groups in total. The zero-order valence-corrected chi connectivity index (χ0v) is 20.4. The molecule has 8 heteroatoms. The lowest BCUT2D eigenvalue weighted by Gasteiger charge is -2.40. The van der Waals surface area contributed by atoms with E-state index in [1.54, 1.807) is 11.0 Å². The number of H-pyrrole nitrogens is 1. The van der Waals surface area contributed by atoms with Crippen molar-refractivity contribution < 1.29 is 18.7 Å². The molecular weight excluding hydrogens is 447 g/mol. The van der Waals surface area contributed by atoms with E-state index in [1.807, 2.05) is 45.0 Å². The number of fused-ring (bicyclic) bond motifs is 5. The van der Waals surface area contributed by atoms with Gasteiger partial charge in [0, 0.05) is 48.2 Å². The molecule has 1 unspecified atom stereocenters. The average molecular weight is 479 g/mol. The molecule has 7 nitrogen and oxygen atoms in total. The van der Waals surface area contributed by atoms with E-state index in [9.17, 15) is 14.0 Å². The number of carbonyl (C=O) groups is 2. The number of halogens is 1. The third-order valence-electron chi connectivity index (χ3n) is 6.78. The summed E-state index contributed by atoms with van der Waals surface area (Å²) in [6.45, 7) is 10.0. The molecule has 2 aliphatic rings. The second-order valence-corrected chi connectivity index (χ2v) is 10.1. The van der Waals surface area contributed by atoms with Crippen LogP contribution < -0.4 is 5.32 Å². The SMILES string of the molecule is CC(C)(C)N1C(=O)c2[nH]c3ccc(F)cc3c2-c2ccccc2C1C(=O)NCCN1CCOCC1. The van der Waals surface area contributed by atoms with Gasteiger partial charge in [-0.3, -0.25) is 14.5 Å². The standard InChI is InChI=1S/C27H31FN4O3/c1-27(2,3)32-24(25(33)29-10-11-31-12-14-35-15-13-31)19-7-5-4-6-18(19)22-20-16-17(28)8-9-21(20)30-23(22)26(32)34/h4-9,16,24,30H,10-15H2,1-3H3,(H,29,33). The Morgan fingerprint density at radius 1 is 1.17 bits per heavy atom. The number of ether oxygens (including phenoxy) is 1. The number of aromatic nitrogens is 1. The smallest absolute Gasteiger partial charge is 0.272 e. The van der Waals surface area contributed by atoms with Gasteiger partial charge in [0.05, 0.1) is 13.2 Å². The number of nitrogens with one attached hydrogen (secondary N) is 2. The zero-order chi connectivity index (χ0) is 24.7. The molecule has 3 aromatic rings. The van der Waals surface area contributed by atoms with Crippen molar-refractivity contribution in [1.82, 2.24) is 20.1 Å².